The number of likely N-dealkylation sites (tertiary alicyclic amines) is 1. The number of hydrogen-bond acceptors (Lipinski definition) is 4. The minimum atomic E-state index is -3.78. The number of amides is 1. The Bertz CT molecular complexity index is 973. The molecule has 1 atom stereocenters. The summed E-state index contributed by atoms with van der Waals surface area (Å²) in [6, 6.07) is 12.2. The van der Waals surface area contributed by atoms with Crippen LogP contribution in [-0.4, -0.2) is 44.6 Å². The molecule has 0 aliphatic carbocycles. The number of anilines is 1. The highest BCUT2D eigenvalue weighted by Gasteiger charge is 2.29. The van der Waals surface area contributed by atoms with Gasteiger partial charge in [0, 0.05) is 13.1 Å². The molecule has 1 amide bonds. The van der Waals surface area contributed by atoms with Gasteiger partial charge < -0.3 is 5.32 Å². The summed E-state index contributed by atoms with van der Waals surface area (Å²) >= 11 is 0. The summed E-state index contributed by atoms with van der Waals surface area (Å²) in [4.78, 5) is 15.1. The van der Waals surface area contributed by atoms with Crippen molar-refractivity contribution in [3.8, 4) is 0 Å². The maximum atomic E-state index is 13.6. The van der Waals surface area contributed by atoms with Gasteiger partial charge in [-0.05, 0) is 62.2 Å². The Morgan fingerprint density at radius 3 is 2.37 bits per heavy atom. The zero-order valence-electron chi connectivity index (χ0n) is 17.3. The van der Waals surface area contributed by atoms with E-state index >= 15 is 0 Å². The number of nitrogens with one attached hydrogen (secondary N) is 1. The number of rotatable bonds is 8. The van der Waals surface area contributed by atoms with Gasteiger partial charge in [0.15, 0.2) is 0 Å². The van der Waals surface area contributed by atoms with Gasteiger partial charge in [0.05, 0.1) is 11.9 Å². The molecule has 3 rings (SSSR count). The largest absolute Gasteiger partial charge is 0.350 e. The second-order valence-corrected chi connectivity index (χ2v) is 9.59. The average Bonchev–Trinajstić information content (AvgIpc) is 3.19. The van der Waals surface area contributed by atoms with Crippen LogP contribution in [0.4, 0.5) is 10.1 Å². The molecule has 1 heterocycles. The van der Waals surface area contributed by atoms with Gasteiger partial charge in [-0.1, -0.05) is 30.3 Å². The smallest absolute Gasteiger partial charge is 0.243 e. The van der Waals surface area contributed by atoms with Crippen molar-refractivity contribution in [2.75, 3.05) is 23.7 Å². The second-order valence-electron chi connectivity index (χ2n) is 7.73. The Labute approximate surface area is 177 Å². The second kappa shape index (κ2) is 9.57. The highest BCUT2D eigenvalue weighted by Crippen LogP contribution is 2.22. The van der Waals surface area contributed by atoms with E-state index in [1.807, 2.05) is 12.1 Å². The van der Waals surface area contributed by atoms with E-state index in [9.17, 15) is 17.6 Å². The molecule has 0 spiro atoms. The molecule has 2 aromatic carbocycles. The lowest BCUT2D eigenvalue weighted by atomic mass is 10.1. The van der Waals surface area contributed by atoms with Crippen molar-refractivity contribution in [3.05, 3.63) is 65.5 Å². The zero-order chi connectivity index (χ0) is 21.7. The molecule has 30 heavy (non-hydrogen) atoms. The molecule has 1 aliphatic heterocycles. The van der Waals surface area contributed by atoms with Crippen LogP contribution < -0.4 is 9.62 Å². The molecule has 0 radical (unpaired) electrons. The number of halogens is 1. The molecule has 0 unspecified atom stereocenters. The molecule has 0 bridgehead atoms. The van der Waals surface area contributed by atoms with Crippen LogP contribution in [-0.2, 0) is 27.9 Å². The third-order valence-corrected chi connectivity index (χ3v) is 6.49. The summed E-state index contributed by atoms with van der Waals surface area (Å²) < 4.78 is 39.0. The van der Waals surface area contributed by atoms with Crippen LogP contribution in [0.15, 0.2) is 48.5 Å². The van der Waals surface area contributed by atoms with E-state index in [0.717, 1.165) is 41.8 Å². The first-order valence-corrected chi connectivity index (χ1v) is 11.9. The first-order valence-electron chi connectivity index (χ1n) is 10.1. The lowest BCUT2D eigenvalue weighted by Crippen LogP contribution is -2.47. The monoisotopic (exact) mass is 433 g/mol. The summed E-state index contributed by atoms with van der Waals surface area (Å²) in [5.41, 5.74) is 2.28. The molecule has 162 valence electrons. The molecular formula is C22H28FN3O3S. The summed E-state index contributed by atoms with van der Waals surface area (Å²) in [7, 11) is -3.78. The van der Waals surface area contributed by atoms with Crippen LogP contribution >= 0.6 is 0 Å². The normalized spacial score (nSPS) is 15.7. The molecule has 0 aromatic heterocycles. The number of sulfonamides is 1. The van der Waals surface area contributed by atoms with Crippen molar-refractivity contribution in [1.82, 2.24) is 10.2 Å². The van der Waals surface area contributed by atoms with Crippen LogP contribution in [0, 0.1) is 5.82 Å². The fraction of sp³-hybridized carbons (Fsp3) is 0.409. The number of nitrogens with zero attached hydrogens (tertiary/aromatic N) is 2. The molecule has 6 nitrogen and oxygen atoms in total. The minimum absolute atomic E-state index is 0.117. The highest BCUT2D eigenvalue weighted by molar-refractivity contribution is 7.92. The van der Waals surface area contributed by atoms with Gasteiger partial charge in [-0.15, -0.1) is 0 Å². The molecule has 1 N–H and O–H groups in total. The highest BCUT2D eigenvalue weighted by atomic mass is 32.2. The third-order valence-electron chi connectivity index (χ3n) is 5.25. The quantitative estimate of drug-likeness (QED) is 0.695. The standard InChI is InChI=1S/C22H28FN3O3S/c1-17(26(30(2,28)29)21-7-5-6-20(23)14-21)22(27)24-15-18-8-10-19(11-9-18)16-25-12-3-4-13-25/h5-11,14,17H,3-4,12-13,15-16H2,1-2H3,(H,24,27)/t17-/m0/s1. The maximum absolute atomic E-state index is 13.6. The van der Waals surface area contributed by atoms with Gasteiger partial charge in [0.1, 0.15) is 11.9 Å². The van der Waals surface area contributed by atoms with Gasteiger partial charge in [0.25, 0.3) is 0 Å². The molecule has 8 heteroatoms. The van der Waals surface area contributed by atoms with E-state index in [0.29, 0.717) is 0 Å². The van der Waals surface area contributed by atoms with Gasteiger partial charge in [-0.2, -0.15) is 0 Å². The fourth-order valence-corrected chi connectivity index (χ4v) is 4.89. The number of hydrogen-bond donors (Lipinski definition) is 1. The Balaban J connectivity index is 1.62. The summed E-state index contributed by atoms with van der Waals surface area (Å²) in [5.74, 6) is -1.02. The van der Waals surface area contributed by atoms with E-state index < -0.39 is 27.8 Å². The number of carbonyl (C=O) groups excluding carboxylic acids is 1. The van der Waals surface area contributed by atoms with E-state index in [1.165, 1.54) is 43.5 Å². The molecule has 1 aliphatic rings. The van der Waals surface area contributed by atoms with Crippen molar-refractivity contribution in [2.45, 2.75) is 38.9 Å². The van der Waals surface area contributed by atoms with Crippen LogP contribution in [0.1, 0.15) is 30.9 Å². The van der Waals surface area contributed by atoms with Crippen molar-refractivity contribution >= 4 is 21.6 Å². The van der Waals surface area contributed by atoms with E-state index in [2.05, 4.69) is 22.3 Å². The fourth-order valence-electron chi connectivity index (χ4n) is 3.72. The van der Waals surface area contributed by atoms with Gasteiger partial charge >= 0.3 is 0 Å². The topological polar surface area (TPSA) is 69.7 Å². The molecule has 1 saturated heterocycles. The van der Waals surface area contributed by atoms with Crippen molar-refractivity contribution < 1.29 is 17.6 Å². The summed E-state index contributed by atoms with van der Waals surface area (Å²) in [6.07, 6.45) is 3.51. The van der Waals surface area contributed by atoms with Crippen LogP contribution in [0.2, 0.25) is 0 Å². The molecule has 0 saturated carbocycles. The zero-order valence-corrected chi connectivity index (χ0v) is 18.2. The Hall–Kier alpha value is -2.45. The predicted molar refractivity (Wildman–Crippen MR) is 116 cm³/mol. The van der Waals surface area contributed by atoms with Crippen molar-refractivity contribution in [1.29, 1.82) is 0 Å². The van der Waals surface area contributed by atoms with Gasteiger partial charge in [-0.25, -0.2) is 12.8 Å². The van der Waals surface area contributed by atoms with E-state index in [4.69, 9.17) is 0 Å². The van der Waals surface area contributed by atoms with Gasteiger partial charge in [-0.3, -0.25) is 14.0 Å². The number of benzene rings is 2. The minimum Gasteiger partial charge on any atom is -0.350 e. The Morgan fingerprint density at radius 2 is 1.77 bits per heavy atom. The first-order chi connectivity index (χ1) is 14.2. The predicted octanol–water partition coefficient (Wildman–Crippen LogP) is 2.89. The molecule has 2 aromatic rings. The van der Waals surface area contributed by atoms with Crippen LogP contribution in [0.3, 0.4) is 0 Å². The van der Waals surface area contributed by atoms with Crippen molar-refractivity contribution in [3.63, 3.8) is 0 Å². The summed E-state index contributed by atoms with van der Waals surface area (Å²) in [5, 5.41) is 2.78. The Morgan fingerprint density at radius 1 is 1.13 bits per heavy atom. The first kappa shape index (κ1) is 22.2. The maximum Gasteiger partial charge on any atom is 0.243 e. The number of carbonyl (C=O) groups is 1. The average molecular weight is 434 g/mol. The van der Waals surface area contributed by atoms with Gasteiger partial charge in [0.2, 0.25) is 15.9 Å². The van der Waals surface area contributed by atoms with Crippen molar-refractivity contribution in [2.24, 2.45) is 0 Å². The Kier molecular flexibility index (Phi) is 7.10. The molecule has 1 fully saturated rings. The third kappa shape index (κ3) is 5.79. The van der Waals surface area contributed by atoms with Crippen LogP contribution in [0.25, 0.3) is 0 Å². The SMILES string of the molecule is C[C@@H](C(=O)NCc1ccc(CN2CCCC2)cc1)N(c1cccc(F)c1)S(C)(=O)=O. The summed E-state index contributed by atoms with van der Waals surface area (Å²) in [6.45, 7) is 4.98. The lowest BCUT2D eigenvalue weighted by molar-refractivity contribution is -0.122. The van der Waals surface area contributed by atoms with E-state index in [1.54, 1.807) is 0 Å². The van der Waals surface area contributed by atoms with E-state index in [-0.39, 0.29) is 12.2 Å². The lowest BCUT2D eigenvalue weighted by Gasteiger charge is -2.28. The molecular weight excluding hydrogens is 405 g/mol. The van der Waals surface area contributed by atoms with Crippen LogP contribution in [0.5, 0.6) is 0 Å².